The van der Waals surface area contributed by atoms with Crippen LogP contribution in [0.15, 0.2) is 66.9 Å². The highest BCUT2D eigenvalue weighted by Crippen LogP contribution is 2.30. The van der Waals surface area contributed by atoms with Crippen LogP contribution in [0.1, 0.15) is 15.9 Å². The zero-order chi connectivity index (χ0) is 25.1. The number of aryl methyl sites for hydroxylation is 1. The molecule has 2 heterocycles. The Hall–Kier alpha value is -3.39. The normalized spacial score (nSPS) is 14.8. The minimum atomic E-state index is -0.0658. The minimum Gasteiger partial charge on any atom is -0.354 e. The molecule has 186 valence electrons. The molecule has 3 aromatic carbocycles. The molecule has 5 rings (SSSR count). The quantitative estimate of drug-likeness (QED) is 0.383. The second kappa shape index (κ2) is 10.7. The van der Waals surface area contributed by atoms with Gasteiger partial charge in [0, 0.05) is 55.9 Å². The van der Waals surface area contributed by atoms with E-state index < -0.39 is 0 Å². The summed E-state index contributed by atoms with van der Waals surface area (Å²) in [6.45, 7) is 7.73. The van der Waals surface area contributed by atoms with Crippen molar-refractivity contribution in [3.05, 3.63) is 83.0 Å². The van der Waals surface area contributed by atoms with Crippen LogP contribution in [0, 0.1) is 6.92 Å². The number of likely N-dealkylation sites (N-methyl/N-ethyl adjacent to an activating group) is 1. The molecule has 1 aromatic heterocycles. The predicted molar refractivity (Wildman–Crippen MR) is 147 cm³/mol. The molecule has 1 saturated heterocycles. The van der Waals surface area contributed by atoms with Gasteiger partial charge < -0.3 is 15.5 Å². The standard InChI is InChI=1S/C28H31ClN6O/c1-20-5-3-8-25(27(20)29)32-23-9-10-26-22(17-23)19-31-35(26)24-7-4-6-21(18-24)28(36)30-11-12-34-15-13-33(2)14-16-34/h3-10,17-19,32H,11-16H2,1-2H3,(H,30,36). The first-order valence-electron chi connectivity index (χ1n) is 12.3. The van der Waals surface area contributed by atoms with Crippen molar-refractivity contribution in [1.29, 1.82) is 0 Å². The number of rotatable bonds is 7. The van der Waals surface area contributed by atoms with Crippen molar-refractivity contribution in [1.82, 2.24) is 24.9 Å². The number of amides is 1. The van der Waals surface area contributed by atoms with Gasteiger partial charge in [0.25, 0.3) is 5.91 Å². The lowest BCUT2D eigenvalue weighted by molar-refractivity contribution is 0.0941. The molecule has 1 aliphatic rings. The lowest BCUT2D eigenvalue weighted by atomic mass is 10.1. The van der Waals surface area contributed by atoms with E-state index in [2.05, 4.69) is 32.6 Å². The molecule has 4 aromatic rings. The molecule has 0 atom stereocenters. The fraction of sp³-hybridized carbons (Fsp3) is 0.286. The maximum atomic E-state index is 12.8. The average Bonchev–Trinajstić information content (AvgIpc) is 3.31. The topological polar surface area (TPSA) is 65.4 Å². The third-order valence-electron chi connectivity index (χ3n) is 6.70. The fourth-order valence-electron chi connectivity index (χ4n) is 4.50. The number of halogens is 1. The van der Waals surface area contributed by atoms with Crippen LogP contribution in [-0.2, 0) is 0 Å². The summed E-state index contributed by atoms with van der Waals surface area (Å²) < 4.78 is 1.86. The van der Waals surface area contributed by atoms with E-state index in [0.717, 1.165) is 66.3 Å². The van der Waals surface area contributed by atoms with Gasteiger partial charge in [-0.3, -0.25) is 9.69 Å². The van der Waals surface area contributed by atoms with Gasteiger partial charge in [-0.05, 0) is 62.0 Å². The summed E-state index contributed by atoms with van der Waals surface area (Å²) in [6.07, 6.45) is 1.83. The number of anilines is 2. The van der Waals surface area contributed by atoms with Crippen molar-refractivity contribution in [3.63, 3.8) is 0 Å². The highest BCUT2D eigenvalue weighted by molar-refractivity contribution is 6.34. The van der Waals surface area contributed by atoms with Crippen molar-refractivity contribution in [2.45, 2.75) is 6.92 Å². The van der Waals surface area contributed by atoms with Crippen molar-refractivity contribution in [3.8, 4) is 5.69 Å². The minimum absolute atomic E-state index is 0.0658. The molecule has 0 radical (unpaired) electrons. The summed E-state index contributed by atoms with van der Waals surface area (Å²) >= 11 is 6.45. The highest BCUT2D eigenvalue weighted by atomic mass is 35.5. The van der Waals surface area contributed by atoms with Gasteiger partial charge in [0.05, 0.1) is 28.1 Å². The molecular formula is C28H31ClN6O. The van der Waals surface area contributed by atoms with E-state index in [1.807, 2.05) is 78.5 Å². The lowest BCUT2D eigenvalue weighted by Gasteiger charge is -2.32. The first-order valence-corrected chi connectivity index (χ1v) is 12.7. The molecule has 0 spiro atoms. The number of fused-ring (bicyclic) bond motifs is 1. The molecule has 0 saturated carbocycles. The summed E-state index contributed by atoms with van der Waals surface area (Å²) in [5, 5.41) is 12.8. The van der Waals surface area contributed by atoms with Crippen LogP contribution in [0.4, 0.5) is 11.4 Å². The van der Waals surface area contributed by atoms with Crippen molar-refractivity contribution >= 4 is 39.8 Å². The van der Waals surface area contributed by atoms with Gasteiger partial charge in [0.1, 0.15) is 0 Å². The van der Waals surface area contributed by atoms with E-state index in [9.17, 15) is 4.79 Å². The molecule has 1 amide bonds. The first kappa shape index (κ1) is 24.3. The summed E-state index contributed by atoms with van der Waals surface area (Å²) in [5.74, 6) is -0.0658. The summed E-state index contributed by atoms with van der Waals surface area (Å²) in [7, 11) is 2.15. The summed E-state index contributed by atoms with van der Waals surface area (Å²) in [5.41, 5.74) is 5.26. The van der Waals surface area contributed by atoms with Gasteiger partial charge in [-0.1, -0.05) is 29.8 Å². The fourth-order valence-corrected chi connectivity index (χ4v) is 4.67. The zero-order valence-corrected chi connectivity index (χ0v) is 21.4. The number of aromatic nitrogens is 2. The third kappa shape index (κ3) is 5.38. The highest BCUT2D eigenvalue weighted by Gasteiger charge is 2.14. The van der Waals surface area contributed by atoms with Crippen LogP contribution in [-0.4, -0.2) is 71.8 Å². The number of benzene rings is 3. The van der Waals surface area contributed by atoms with Crippen LogP contribution in [0.5, 0.6) is 0 Å². The van der Waals surface area contributed by atoms with Crippen LogP contribution < -0.4 is 10.6 Å². The van der Waals surface area contributed by atoms with Gasteiger partial charge >= 0.3 is 0 Å². The number of carbonyl (C=O) groups is 1. The van der Waals surface area contributed by atoms with E-state index in [4.69, 9.17) is 11.6 Å². The van der Waals surface area contributed by atoms with Crippen molar-refractivity contribution in [2.75, 3.05) is 51.6 Å². The monoisotopic (exact) mass is 502 g/mol. The first-order chi connectivity index (χ1) is 17.5. The Kier molecular flexibility index (Phi) is 7.23. The smallest absolute Gasteiger partial charge is 0.251 e. The van der Waals surface area contributed by atoms with Gasteiger partial charge in [-0.2, -0.15) is 5.10 Å². The number of carbonyl (C=O) groups excluding carboxylic acids is 1. The molecule has 1 fully saturated rings. The number of piperazine rings is 1. The molecule has 1 aliphatic heterocycles. The molecule has 0 bridgehead atoms. The molecule has 7 nitrogen and oxygen atoms in total. The number of hydrogen-bond acceptors (Lipinski definition) is 5. The molecule has 8 heteroatoms. The Labute approximate surface area is 216 Å². The van der Waals surface area contributed by atoms with E-state index in [1.54, 1.807) is 0 Å². The van der Waals surface area contributed by atoms with Gasteiger partial charge in [0.2, 0.25) is 0 Å². The van der Waals surface area contributed by atoms with E-state index in [-0.39, 0.29) is 5.91 Å². The Morgan fingerprint density at radius 2 is 1.83 bits per heavy atom. The average molecular weight is 503 g/mol. The Morgan fingerprint density at radius 1 is 1.03 bits per heavy atom. The molecular weight excluding hydrogens is 472 g/mol. The molecule has 2 N–H and O–H groups in total. The van der Waals surface area contributed by atoms with Gasteiger partial charge in [0.15, 0.2) is 0 Å². The zero-order valence-electron chi connectivity index (χ0n) is 20.7. The maximum absolute atomic E-state index is 12.8. The second-order valence-corrected chi connectivity index (χ2v) is 9.72. The van der Waals surface area contributed by atoms with Crippen molar-refractivity contribution < 1.29 is 4.79 Å². The largest absolute Gasteiger partial charge is 0.354 e. The third-order valence-corrected chi connectivity index (χ3v) is 7.20. The van der Waals surface area contributed by atoms with E-state index >= 15 is 0 Å². The second-order valence-electron chi connectivity index (χ2n) is 9.34. The summed E-state index contributed by atoms with van der Waals surface area (Å²) in [6, 6.07) is 19.6. The number of nitrogens with zero attached hydrogens (tertiary/aromatic N) is 4. The van der Waals surface area contributed by atoms with Gasteiger partial charge in [-0.15, -0.1) is 0 Å². The Balaban J connectivity index is 1.27. The van der Waals surface area contributed by atoms with Gasteiger partial charge in [-0.25, -0.2) is 4.68 Å². The van der Waals surface area contributed by atoms with Crippen molar-refractivity contribution in [2.24, 2.45) is 0 Å². The van der Waals surface area contributed by atoms with E-state index in [1.165, 1.54) is 0 Å². The predicted octanol–water partition coefficient (Wildman–Crippen LogP) is 4.71. The van der Waals surface area contributed by atoms with E-state index in [0.29, 0.717) is 17.1 Å². The molecule has 0 unspecified atom stereocenters. The Bertz CT molecular complexity index is 1380. The van der Waals surface area contributed by atoms with Crippen LogP contribution in [0.3, 0.4) is 0 Å². The van der Waals surface area contributed by atoms with Crippen LogP contribution >= 0.6 is 11.6 Å². The Morgan fingerprint density at radius 3 is 2.67 bits per heavy atom. The molecule has 0 aliphatic carbocycles. The number of hydrogen-bond donors (Lipinski definition) is 2. The van der Waals surface area contributed by atoms with Crippen LogP contribution in [0.25, 0.3) is 16.6 Å². The lowest BCUT2D eigenvalue weighted by Crippen LogP contribution is -2.46. The number of nitrogens with one attached hydrogen (secondary N) is 2. The summed E-state index contributed by atoms with van der Waals surface area (Å²) in [4.78, 5) is 17.5. The SMILES string of the molecule is Cc1cccc(Nc2ccc3c(cnn3-c3cccc(C(=O)NCCN4CCN(C)CC4)c3)c2)c1Cl. The maximum Gasteiger partial charge on any atom is 0.251 e. The van der Waals surface area contributed by atoms with Crippen LogP contribution in [0.2, 0.25) is 5.02 Å². The molecule has 36 heavy (non-hydrogen) atoms.